The maximum absolute atomic E-state index is 9.26. The monoisotopic (exact) mass is 210 g/mol. The summed E-state index contributed by atoms with van der Waals surface area (Å²) in [5.41, 5.74) is 0. The molecule has 1 aliphatic heterocycles. The molecule has 3 heteroatoms. The summed E-state index contributed by atoms with van der Waals surface area (Å²) in [7, 11) is 0. The van der Waals surface area contributed by atoms with Gasteiger partial charge < -0.3 is 9.84 Å². The summed E-state index contributed by atoms with van der Waals surface area (Å²) in [6.07, 6.45) is 2.76. The average Bonchev–Trinajstić information content (AvgIpc) is 2.67. The Labute approximate surface area is 88.3 Å². The molecule has 1 aromatic rings. The van der Waals surface area contributed by atoms with E-state index in [9.17, 15) is 5.11 Å². The fraction of sp³-hybridized carbons (Fsp3) is 0.455. The highest BCUT2D eigenvalue weighted by Crippen LogP contribution is 2.25. The van der Waals surface area contributed by atoms with E-state index in [2.05, 4.69) is 0 Å². The Morgan fingerprint density at radius 2 is 2.43 bits per heavy atom. The largest absolute Gasteiger partial charge is 0.508 e. The Hall–Kier alpha value is -0.670. The number of hydrogen-bond donors (Lipinski definition) is 1. The molecule has 1 unspecified atom stereocenters. The first-order chi connectivity index (χ1) is 6.84. The van der Waals surface area contributed by atoms with E-state index in [0.29, 0.717) is 11.9 Å². The number of benzene rings is 1. The van der Waals surface area contributed by atoms with E-state index < -0.39 is 0 Å². The Morgan fingerprint density at radius 3 is 3.14 bits per heavy atom. The first-order valence-corrected chi connectivity index (χ1v) is 5.86. The SMILES string of the molecule is Oc1cccc(SCC2CCCO2)c1. The highest BCUT2D eigenvalue weighted by Gasteiger charge is 2.15. The van der Waals surface area contributed by atoms with Crippen LogP contribution in [0.15, 0.2) is 29.2 Å². The van der Waals surface area contributed by atoms with Crippen LogP contribution in [0.4, 0.5) is 0 Å². The van der Waals surface area contributed by atoms with Gasteiger partial charge in [-0.3, -0.25) is 0 Å². The first kappa shape index (κ1) is 9.87. The van der Waals surface area contributed by atoms with Gasteiger partial charge in [-0.25, -0.2) is 0 Å². The van der Waals surface area contributed by atoms with Gasteiger partial charge in [0.1, 0.15) is 5.75 Å². The zero-order valence-corrected chi connectivity index (χ0v) is 8.80. The van der Waals surface area contributed by atoms with Crippen molar-refractivity contribution in [1.29, 1.82) is 0 Å². The lowest BCUT2D eigenvalue weighted by molar-refractivity contribution is 0.129. The van der Waals surface area contributed by atoms with E-state index in [4.69, 9.17) is 4.74 Å². The third-order valence-electron chi connectivity index (χ3n) is 2.28. The maximum Gasteiger partial charge on any atom is 0.116 e. The molecule has 0 aliphatic carbocycles. The van der Waals surface area contributed by atoms with Gasteiger partial charge in [0.05, 0.1) is 6.10 Å². The zero-order chi connectivity index (χ0) is 9.80. The Bertz CT molecular complexity index is 295. The molecule has 76 valence electrons. The third-order valence-corrected chi connectivity index (χ3v) is 3.40. The van der Waals surface area contributed by atoms with Crippen molar-refractivity contribution in [3.63, 3.8) is 0 Å². The fourth-order valence-electron chi connectivity index (χ4n) is 1.54. The van der Waals surface area contributed by atoms with Crippen molar-refractivity contribution in [2.45, 2.75) is 23.8 Å². The van der Waals surface area contributed by atoms with Gasteiger partial charge in [-0.1, -0.05) is 6.07 Å². The molecule has 0 bridgehead atoms. The highest BCUT2D eigenvalue weighted by atomic mass is 32.2. The number of thioether (sulfide) groups is 1. The van der Waals surface area contributed by atoms with Gasteiger partial charge in [0.15, 0.2) is 0 Å². The summed E-state index contributed by atoms with van der Waals surface area (Å²) < 4.78 is 5.52. The zero-order valence-electron chi connectivity index (χ0n) is 7.98. The quantitative estimate of drug-likeness (QED) is 0.778. The molecule has 1 aromatic carbocycles. The van der Waals surface area contributed by atoms with E-state index in [-0.39, 0.29) is 0 Å². The molecular formula is C11H14O2S. The van der Waals surface area contributed by atoms with Gasteiger partial charge in [0.2, 0.25) is 0 Å². The lowest BCUT2D eigenvalue weighted by Crippen LogP contribution is -2.07. The Balaban J connectivity index is 1.85. The Morgan fingerprint density at radius 1 is 1.50 bits per heavy atom. The molecule has 1 atom stereocenters. The first-order valence-electron chi connectivity index (χ1n) is 4.88. The summed E-state index contributed by atoms with van der Waals surface area (Å²) in [4.78, 5) is 1.11. The van der Waals surface area contributed by atoms with E-state index in [1.807, 2.05) is 12.1 Å². The lowest BCUT2D eigenvalue weighted by atomic mass is 10.3. The molecular weight excluding hydrogens is 196 g/mol. The lowest BCUT2D eigenvalue weighted by Gasteiger charge is -2.08. The van der Waals surface area contributed by atoms with Crippen LogP contribution in [0.1, 0.15) is 12.8 Å². The van der Waals surface area contributed by atoms with Crippen molar-refractivity contribution in [3.05, 3.63) is 24.3 Å². The van der Waals surface area contributed by atoms with Crippen LogP contribution in [-0.2, 0) is 4.74 Å². The van der Waals surface area contributed by atoms with Gasteiger partial charge >= 0.3 is 0 Å². The maximum atomic E-state index is 9.26. The molecule has 0 amide bonds. The van der Waals surface area contributed by atoms with Crippen LogP contribution < -0.4 is 0 Å². The second-order valence-electron chi connectivity index (χ2n) is 3.44. The molecule has 1 saturated heterocycles. The predicted octanol–water partition coefficient (Wildman–Crippen LogP) is 2.66. The smallest absolute Gasteiger partial charge is 0.116 e. The summed E-state index contributed by atoms with van der Waals surface area (Å²) >= 11 is 1.75. The number of hydrogen-bond acceptors (Lipinski definition) is 3. The highest BCUT2D eigenvalue weighted by molar-refractivity contribution is 7.99. The minimum atomic E-state index is 0.336. The van der Waals surface area contributed by atoms with Gasteiger partial charge in [-0.05, 0) is 31.0 Å². The molecule has 2 rings (SSSR count). The van der Waals surface area contributed by atoms with Crippen LogP contribution in [0.5, 0.6) is 5.75 Å². The number of phenols is 1. The number of aromatic hydroxyl groups is 1. The number of rotatable bonds is 3. The third kappa shape index (κ3) is 2.66. The van der Waals surface area contributed by atoms with Gasteiger partial charge in [0, 0.05) is 17.3 Å². The van der Waals surface area contributed by atoms with Crippen molar-refractivity contribution in [2.24, 2.45) is 0 Å². The van der Waals surface area contributed by atoms with Gasteiger partial charge in [-0.15, -0.1) is 11.8 Å². The van der Waals surface area contributed by atoms with Crippen molar-refractivity contribution in [2.75, 3.05) is 12.4 Å². The number of phenolic OH excluding ortho intramolecular Hbond substituents is 1. The number of ether oxygens (including phenoxy) is 1. The van der Waals surface area contributed by atoms with Gasteiger partial charge in [-0.2, -0.15) is 0 Å². The molecule has 0 spiro atoms. The van der Waals surface area contributed by atoms with Crippen molar-refractivity contribution < 1.29 is 9.84 Å². The molecule has 2 nitrogen and oxygen atoms in total. The van der Waals surface area contributed by atoms with E-state index in [0.717, 1.165) is 17.3 Å². The van der Waals surface area contributed by atoms with E-state index in [1.165, 1.54) is 12.8 Å². The van der Waals surface area contributed by atoms with Crippen LogP contribution in [0.3, 0.4) is 0 Å². The molecule has 14 heavy (non-hydrogen) atoms. The van der Waals surface area contributed by atoms with Crippen molar-refractivity contribution in [1.82, 2.24) is 0 Å². The van der Waals surface area contributed by atoms with Gasteiger partial charge in [0.25, 0.3) is 0 Å². The van der Waals surface area contributed by atoms with Crippen LogP contribution >= 0.6 is 11.8 Å². The minimum absolute atomic E-state index is 0.336. The standard InChI is InChI=1S/C11H14O2S/c12-9-3-1-5-11(7-9)14-8-10-4-2-6-13-10/h1,3,5,7,10,12H,2,4,6,8H2. The summed E-state index contributed by atoms with van der Waals surface area (Å²) in [5, 5.41) is 9.26. The van der Waals surface area contributed by atoms with Crippen molar-refractivity contribution in [3.8, 4) is 5.75 Å². The summed E-state index contributed by atoms with van der Waals surface area (Å²) in [6.45, 7) is 0.908. The second-order valence-corrected chi connectivity index (χ2v) is 4.54. The molecule has 1 heterocycles. The van der Waals surface area contributed by atoms with Crippen LogP contribution in [-0.4, -0.2) is 23.6 Å². The van der Waals surface area contributed by atoms with Crippen molar-refractivity contribution >= 4 is 11.8 Å². The topological polar surface area (TPSA) is 29.5 Å². The predicted molar refractivity (Wildman–Crippen MR) is 57.8 cm³/mol. The minimum Gasteiger partial charge on any atom is -0.508 e. The van der Waals surface area contributed by atoms with Crippen LogP contribution in [0.2, 0.25) is 0 Å². The fourth-order valence-corrected chi connectivity index (χ4v) is 2.56. The molecule has 0 radical (unpaired) electrons. The Kier molecular flexibility index (Phi) is 3.32. The average molecular weight is 210 g/mol. The normalized spacial score (nSPS) is 21.3. The second kappa shape index (κ2) is 4.71. The summed E-state index contributed by atoms with van der Waals surface area (Å²) in [5.74, 6) is 1.33. The molecule has 0 saturated carbocycles. The van der Waals surface area contributed by atoms with E-state index >= 15 is 0 Å². The molecule has 1 aliphatic rings. The molecule has 1 N–H and O–H groups in total. The van der Waals surface area contributed by atoms with Crippen LogP contribution in [0, 0.1) is 0 Å². The molecule has 0 aromatic heterocycles. The van der Waals surface area contributed by atoms with E-state index in [1.54, 1.807) is 23.9 Å². The van der Waals surface area contributed by atoms with Crippen LogP contribution in [0.25, 0.3) is 0 Å². The molecule has 1 fully saturated rings. The summed E-state index contributed by atoms with van der Waals surface area (Å²) in [6, 6.07) is 7.36.